The number of carbonyl (C=O) groups excluding carboxylic acids is 1. The summed E-state index contributed by atoms with van der Waals surface area (Å²) in [6.07, 6.45) is 0. The fourth-order valence-electron chi connectivity index (χ4n) is 1.60. The summed E-state index contributed by atoms with van der Waals surface area (Å²) in [7, 11) is 0. The predicted octanol–water partition coefficient (Wildman–Crippen LogP) is 4.15. The van der Waals surface area contributed by atoms with Crippen molar-refractivity contribution in [1.82, 2.24) is 9.78 Å². The highest BCUT2D eigenvalue weighted by Crippen LogP contribution is 2.24. The Morgan fingerprint density at radius 3 is 2.39 bits per heavy atom. The van der Waals surface area contributed by atoms with Crippen molar-refractivity contribution >= 4 is 40.7 Å². The lowest BCUT2D eigenvalue weighted by molar-refractivity contribution is 0.0942. The molecule has 94 valence electrons. The third-order valence-electron chi connectivity index (χ3n) is 2.56. The van der Waals surface area contributed by atoms with Gasteiger partial charge in [-0.25, -0.2) is 0 Å². The van der Waals surface area contributed by atoms with Crippen molar-refractivity contribution in [2.75, 3.05) is 0 Å². The fraction of sp³-hybridized carbons (Fsp3) is 0.167. The molecule has 3 nitrogen and oxygen atoms in total. The van der Waals surface area contributed by atoms with Crippen molar-refractivity contribution in [3.63, 3.8) is 0 Å². The van der Waals surface area contributed by atoms with Crippen molar-refractivity contribution < 1.29 is 4.79 Å². The van der Waals surface area contributed by atoms with Gasteiger partial charge in [-0.1, -0.05) is 34.8 Å². The highest BCUT2D eigenvalue weighted by atomic mass is 35.5. The molecule has 0 saturated carbocycles. The highest BCUT2D eigenvalue weighted by molar-refractivity contribution is 6.37. The molecule has 0 aliphatic carbocycles. The maximum atomic E-state index is 12.3. The van der Waals surface area contributed by atoms with E-state index in [2.05, 4.69) is 5.10 Å². The normalized spacial score (nSPS) is 10.7. The van der Waals surface area contributed by atoms with E-state index in [9.17, 15) is 4.79 Å². The topological polar surface area (TPSA) is 34.9 Å². The van der Waals surface area contributed by atoms with E-state index in [1.165, 1.54) is 10.7 Å². The van der Waals surface area contributed by atoms with Gasteiger partial charge >= 0.3 is 0 Å². The van der Waals surface area contributed by atoms with Crippen molar-refractivity contribution in [3.8, 4) is 0 Å². The third-order valence-corrected chi connectivity index (χ3v) is 3.65. The minimum absolute atomic E-state index is 0.288. The lowest BCUT2D eigenvalue weighted by Crippen LogP contribution is -2.15. The average molecular weight is 304 g/mol. The first-order valence-corrected chi connectivity index (χ1v) is 6.26. The van der Waals surface area contributed by atoms with Crippen LogP contribution in [0.5, 0.6) is 0 Å². The summed E-state index contributed by atoms with van der Waals surface area (Å²) in [5.41, 5.74) is 1.53. The van der Waals surface area contributed by atoms with Crippen LogP contribution in [-0.2, 0) is 0 Å². The Morgan fingerprint density at radius 1 is 1.22 bits per heavy atom. The van der Waals surface area contributed by atoms with Crippen LogP contribution < -0.4 is 0 Å². The van der Waals surface area contributed by atoms with Gasteiger partial charge in [-0.2, -0.15) is 9.78 Å². The number of aryl methyl sites for hydroxylation is 1. The quantitative estimate of drug-likeness (QED) is 0.793. The second-order valence-electron chi connectivity index (χ2n) is 3.83. The molecule has 0 spiro atoms. The van der Waals surface area contributed by atoms with Crippen molar-refractivity contribution in [2.24, 2.45) is 0 Å². The Kier molecular flexibility index (Phi) is 3.66. The second-order valence-corrected chi connectivity index (χ2v) is 5.05. The van der Waals surface area contributed by atoms with Gasteiger partial charge in [0.25, 0.3) is 5.91 Å². The van der Waals surface area contributed by atoms with Gasteiger partial charge in [0.1, 0.15) is 0 Å². The molecule has 0 bridgehead atoms. The summed E-state index contributed by atoms with van der Waals surface area (Å²) in [6.45, 7) is 3.46. The smallest absolute Gasteiger partial charge is 0.267 e. The number of aromatic nitrogens is 2. The molecular weight excluding hydrogens is 295 g/mol. The molecule has 0 N–H and O–H groups in total. The van der Waals surface area contributed by atoms with E-state index in [1.54, 1.807) is 26.0 Å². The van der Waals surface area contributed by atoms with Gasteiger partial charge in [0.2, 0.25) is 0 Å². The summed E-state index contributed by atoms with van der Waals surface area (Å²) in [4.78, 5) is 12.3. The monoisotopic (exact) mass is 302 g/mol. The maximum Gasteiger partial charge on any atom is 0.279 e. The van der Waals surface area contributed by atoms with Gasteiger partial charge in [-0.15, -0.1) is 0 Å². The molecule has 0 radical (unpaired) electrons. The summed E-state index contributed by atoms with van der Waals surface area (Å²) in [5.74, 6) is -0.329. The van der Waals surface area contributed by atoms with Gasteiger partial charge in [0.05, 0.1) is 27.0 Å². The first-order valence-electron chi connectivity index (χ1n) is 5.13. The summed E-state index contributed by atoms with van der Waals surface area (Å²) >= 11 is 17.8. The molecule has 6 heteroatoms. The van der Waals surface area contributed by atoms with Gasteiger partial charge in [-0.3, -0.25) is 4.79 Å². The molecule has 0 aliphatic heterocycles. The summed E-state index contributed by atoms with van der Waals surface area (Å²) in [5, 5.41) is 5.34. The van der Waals surface area contributed by atoms with E-state index in [0.29, 0.717) is 27.0 Å². The molecule has 1 heterocycles. The third kappa shape index (κ3) is 2.26. The van der Waals surface area contributed by atoms with Crippen LogP contribution in [0.25, 0.3) is 0 Å². The molecule has 0 atom stereocenters. The lowest BCUT2D eigenvalue weighted by atomic mass is 10.2. The Balaban J connectivity index is 2.51. The molecule has 0 unspecified atom stereocenters. The standard InChI is InChI=1S/C12H9Cl3N2O/c1-6-11(15)7(2)17(16-6)12(18)9-4-3-8(13)5-10(9)14/h3-5H,1-2H3. The number of carbonyl (C=O) groups is 1. The molecule has 0 saturated heterocycles. The first-order chi connectivity index (χ1) is 8.41. The van der Waals surface area contributed by atoms with Crippen LogP contribution in [0.2, 0.25) is 15.1 Å². The number of hydrogen-bond donors (Lipinski definition) is 0. The van der Waals surface area contributed by atoms with Crippen LogP contribution in [0, 0.1) is 13.8 Å². The maximum absolute atomic E-state index is 12.3. The molecule has 2 aromatic rings. The lowest BCUT2D eigenvalue weighted by Gasteiger charge is -2.05. The molecular formula is C12H9Cl3N2O. The van der Waals surface area contributed by atoms with E-state index in [0.717, 1.165) is 0 Å². The largest absolute Gasteiger partial charge is 0.279 e. The number of rotatable bonds is 1. The van der Waals surface area contributed by atoms with Gasteiger partial charge in [0.15, 0.2) is 0 Å². The van der Waals surface area contributed by atoms with Crippen LogP contribution >= 0.6 is 34.8 Å². The van der Waals surface area contributed by atoms with Gasteiger partial charge in [0, 0.05) is 5.02 Å². The van der Waals surface area contributed by atoms with E-state index in [1.807, 2.05) is 0 Å². The summed E-state index contributed by atoms with van der Waals surface area (Å²) < 4.78 is 1.24. The van der Waals surface area contributed by atoms with Crippen LogP contribution in [0.1, 0.15) is 21.7 Å². The van der Waals surface area contributed by atoms with Crippen LogP contribution in [0.3, 0.4) is 0 Å². The average Bonchev–Trinajstić information content (AvgIpc) is 2.56. The van der Waals surface area contributed by atoms with Gasteiger partial charge < -0.3 is 0 Å². The minimum atomic E-state index is -0.329. The van der Waals surface area contributed by atoms with E-state index < -0.39 is 0 Å². The Morgan fingerprint density at radius 2 is 1.89 bits per heavy atom. The highest BCUT2D eigenvalue weighted by Gasteiger charge is 2.18. The van der Waals surface area contributed by atoms with E-state index in [4.69, 9.17) is 34.8 Å². The Hall–Kier alpha value is -1.03. The van der Waals surface area contributed by atoms with Crippen molar-refractivity contribution in [3.05, 3.63) is 50.2 Å². The zero-order valence-corrected chi connectivity index (χ0v) is 11.9. The van der Waals surface area contributed by atoms with Crippen molar-refractivity contribution in [1.29, 1.82) is 0 Å². The van der Waals surface area contributed by atoms with Crippen LogP contribution in [0.4, 0.5) is 0 Å². The predicted molar refractivity (Wildman–Crippen MR) is 72.9 cm³/mol. The molecule has 0 amide bonds. The second kappa shape index (κ2) is 4.92. The molecule has 1 aromatic heterocycles. The van der Waals surface area contributed by atoms with Gasteiger partial charge in [-0.05, 0) is 32.0 Å². The number of hydrogen-bond acceptors (Lipinski definition) is 2. The minimum Gasteiger partial charge on any atom is -0.267 e. The Bertz CT molecular complexity index is 634. The zero-order chi connectivity index (χ0) is 13.4. The number of halogens is 3. The molecule has 1 aromatic carbocycles. The van der Waals surface area contributed by atoms with Crippen molar-refractivity contribution in [2.45, 2.75) is 13.8 Å². The number of benzene rings is 1. The first kappa shape index (κ1) is 13.4. The Labute approximate surface area is 119 Å². The summed E-state index contributed by atoms with van der Waals surface area (Å²) in [6, 6.07) is 4.69. The van der Waals surface area contributed by atoms with Crippen LogP contribution in [0.15, 0.2) is 18.2 Å². The molecule has 2 rings (SSSR count). The molecule has 0 fully saturated rings. The van der Waals surface area contributed by atoms with E-state index in [-0.39, 0.29) is 10.9 Å². The van der Waals surface area contributed by atoms with E-state index >= 15 is 0 Å². The molecule has 0 aliphatic rings. The fourth-order valence-corrected chi connectivity index (χ4v) is 2.21. The SMILES string of the molecule is Cc1nn(C(=O)c2ccc(Cl)cc2Cl)c(C)c1Cl. The number of nitrogens with zero attached hydrogens (tertiary/aromatic N) is 2. The van der Waals surface area contributed by atoms with Crippen LogP contribution in [-0.4, -0.2) is 15.7 Å². The molecule has 18 heavy (non-hydrogen) atoms. The zero-order valence-electron chi connectivity index (χ0n) is 9.67.